The molecule has 178 valence electrons. The summed E-state index contributed by atoms with van der Waals surface area (Å²) < 4.78 is 8.03. The van der Waals surface area contributed by atoms with Gasteiger partial charge in [0.15, 0.2) is 5.69 Å². The molecule has 1 aromatic heterocycles. The summed E-state index contributed by atoms with van der Waals surface area (Å²) in [7, 11) is 2.07. The van der Waals surface area contributed by atoms with E-state index in [4.69, 9.17) is 44.6 Å². The molecule has 0 aliphatic carbocycles. The number of nitrogens with zero attached hydrogens (tertiary/aromatic N) is 4. The van der Waals surface area contributed by atoms with E-state index in [2.05, 4.69) is 17.4 Å². The summed E-state index contributed by atoms with van der Waals surface area (Å²) in [5.41, 5.74) is 5.26. The number of carbonyl (C=O) groups is 1. The zero-order valence-electron chi connectivity index (χ0n) is 19.0. The Morgan fingerprint density at radius 2 is 1.71 bits per heavy atom. The fourth-order valence-electron chi connectivity index (χ4n) is 4.44. The Morgan fingerprint density at radius 1 is 1.03 bits per heavy atom. The predicted molar refractivity (Wildman–Crippen MR) is 134 cm³/mol. The van der Waals surface area contributed by atoms with Crippen LogP contribution in [0, 0.1) is 0 Å². The van der Waals surface area contributed by atoms with Crippen LogP contribution in [0.15, 0.2) is 36.4 Å². The second-order valence-corrected chi connectivity index (χ2v) is 10.3. The number of hydrogen-bond donors (Lipinski definition) is 1. The van der Waals surface area contributed by atoms with E-state index in [1.807, 2.05) is 24.9 Å². The largest absolute Gasteiger partial charge is 0.482 e. The molecule has 3 heterocycles. The minimum atomic E-state index is -0.848. The van der Waals surface area contributed by atoms with Crippen LogP contribution in [0.5, 0.6) is 5.75 Å². The van der Waals surface area contributed by atoms with E-state index in [9.17, 15) is 4.79 Å². The molecule has 0 saturated carbocycles. The first-order chi connectivity index (χ1) is 16.1. The van der Waals surface area contributed by atoms with Gasteiger partial charge in [-0.15, -0.1) is 0 Å². The summed E-state index contributed by atoms with van der Waals surface area (Å²) in [6, 6.07) is 10.6. The minimum Gasteiger partial charge on any atom is -0.482 e. The lowest BCUT2D eigenvalue weighted by atomic mass is 9.89. The number of carbonyl (C=O) groups excluding carboxylic acids is 1. The van der Waals surface area contributed by atoms with Gasteiger partial charge in [-0.05, 0) is 57.3 Å². The highest BCUT2D eigenvalue weighted by molar-refractivity contribution is 6.35. The normalized spacial score (nSPS) is 17.6. The maximum absolute atomic E-state index is 13.5. The fourth-order valence-corrected chi connectivity index (χ4v) is 5.09. The summed E-state index contributed by atoms with van der Waals surface area (Å²) in [6.07, 6.45) is 0. The standard InChI is InChI=1S/C24H24Cl3N5O2/c1-24(2)20-21(23(33)29-31-10-8-30(3)9-11-31)28-32(18-7-5-14(25)12-17(18)27)22(20)16-6-4-15(26)13-19(16)34-24/h4-7,12-13H,8-11H2,1-3H3,(H,29,33). The SMILES string of the molecule is CN1CCN(NC(=O)c2nn(-c3ccc(Cl)cc3Cl)c3c2C(C)(C)Oc2cc(Cl)ccc2-3)CC1. The van der Waals surface area contributed by atoms with Gasteiger partial charge < -0.3 is 9.64 Å². The van der Waals surface area contributed by atoms with E-state index in [-0.39, 0.29) is 11.6 Å². The van der Waals surface area contributed by atoms with E-state index in [1.54, 1.807) is 35.0 Å². The van der Waals surface area contributed by atoms with Crippen LogP contribution in [-0.2, 0) is 5.60 Å². The molecule has 2 aliphatic heterocycles. The van der Waals surface area contributed by atoms with Gasteiger partial charge in [0.1, 0.15) is 11.4 Å². The number of amides is 1. The number of nitrogens with one attached hydrogen (secondary N) is 1. The Labute approximate surface area is 213 Å². The molecular weight excluding hydrogens is 497 g/mol. The van der Waals surface area contributed by atoms with E-state index in [0.717, 1.165) is 37.4 Å². The number of likely N-dealkylation sites (N-methyl/N-ethyl adjacent to an activating group) is 1. The number of piperazine rings is 1. The molecule has 10 heteroatoms. The average molecular weight is 521 g/mol. The van der Waals surface area contributed by atoms with Crippen molar-refractivity contribution in [2.24, 2.45) is 0 Å². The van der Waals surface area contributed by atoms with Crippen molar-refractivity contribution >= 4 is 40.7 Å². The van der Waals surface area contributed by atoms with Gasteiger partial charge in [-0.25, -0.2) is 9.69 Å². The van der Waals surface area contributed by atoms with Crippen LogP contribution in [0.1, 0.15) is 29.9 Å². The Bertz CT molecular complexity index is 1280. The zero-order valence-corrected chi connectivity index (χ0v) is 21.3. The van der Waals surface area contributed by atoms with Crippen LogP contribution in [0.2, 0.25) is 15.1 Å². The minimum absolute atomic E-state index is 0.283. The third-order valence-electron chi connectivity index (χ3n) is 6.17. The summed E-state index contributed by atoms with van der Waals surface area (Å²) in [5, 5.41) is 8.19. The second kappa shape index (κ2) is 8.73. The van der Waals surface area contributed by atoms with Crippen molar-refractivity contribution in [1.29, 1.82) is 0 Å². The smallest absolute Gasteiger partial charge is 0.286 e. The Kier molecular flexibility index (Phi) is 6.02. The predicted octanol–water partition coefficient (Wildman–Crippen LogP) is 5.02. The van der Waals surface area contributed by atoms with E-state index in [0.29, 0.717) is 32.1 Å². The van der Waals surface area contributed by atoms with Gasteiger partial charge >= 0.3 is 0 Å². The quantitative estimate of drug-likeness (QED) is 0.525. The van der Waals surface area contributed by atoms with Crippen molar-refractivity contribution in [3.8, 4) is 22.7 Å². The van der Waals surface area contributed by atoms with Crippen molar-refractivity contribution < 1.29 is 9.53 Å². The lowest BCUT2D eigenvalue weighted by molar-refractivity contribution is 0.0640. The lowest BCUT2D eigenvalue weighted by Crippen LogP contribution is -2.52. The molecule has 3 aromatic rings. The number of aromatic nitrogens is 2. The van der Waals surface area contributed by atoms with Gasteiger partial charge in [-0.2, -0.15) is 5.10 Å². The van der Waals surface area contributed by atoms with Crippen LogP contribution in [0.4, 0.5) is 0 Å². The molecule has 7 nitrogen and oxygen atoms in total. The van der Waals surface area contributed by atoms with Crippen LogP contribution >= 0.6 is 34.8 Å². The van der Waals surface area contributed by atoms with E-state index >= 15 is 0 Å². The van der Waals surface area contributed by atoms with Crippen LogP contribution in [0.3, 0.4) is 0 Å². The highest BCUT2D eigenvalue weighted by Crippen LogP contribution is 2.48. The Hall–Kier alpha value is -2.29. The van der Waals surface area contributed by atoms with Crippen molar-refractivity contribution in [1.82, 2.24) is 25.1 Å². The second-order valence-electron chi connectivity index (χ2n) is 9.06. The highest BCUT2D eigenvalue weighted by atomic mass is 35.5. The van der Waals surface area contributed by atoms with Gasteiger partial charge in [-0.3, -0.25) is 10.2 Å². The molecule has 0 unspecified atom stereocenters. The molecule has 2 aliphatic rings. The molecule has 5 rings (SSSR count). The van der Waals surface area contributed by atoms with Crippen LogP contribution in [0.25, 0.3) is 16.9 Å². The topological polar surface area (TPSA) is 62.6 Å². The third kappa shape index (κ3) is 4.16. The van der Waals surface area contributed by atoms with Gasteiger partial charge in [0.05, 0.1) is 22.0 Å². The molecule has 1 amide bonds. The van der Waals surface area contributed by atoms with Gasteiger partial charge in [-0.1, -0.05) is 34.8 Å². The van der Waals surface area contributed by atoms with Crippen LogP contribution in [-0.4, -0.2) is 58.8 Å². The molecule has 0 atom stereocenters. The summed E-state index contributed by atoms with van der Waals surface area (Å²) >= 11 is 19.0. The number of benzene rings is 2. The number of ether oxygens (including phenoxy) is 1. The van der Waals surface area contributed by atoms with Crippen molar-refractivity contribution in [3.05, 3.63) is 62.7 Å². The van der Waals surface area contributed by atoms with Crippen LogP contribution < -0.4 is 10.2 Å². The van der Waals surface area contributed by atoms with Crippen molar-refractivity contribution in [2.45, 2.75) is 19.4 Å². The third-order valence-corrected chi connectivity index (χ3v) is 6.94. The number of hydrazine groups is 1. The van der Waals surface area contributed by atoms with Crippen molar-refractivity contribution in [3.63, 3.8) is 0 Å². The molecule has 1 fully saturated rings. The molecule has 0 bridgehead atoms. The number of fused-ring (bicyclic) bond motifs is 3. The molecule has 1 N–H and O–H groups in total. The molecular formula is C24H24Cl3N5O2. The molecule has 1 saturated heterocycles. The van der Waals surface area contributed by atoms with Gasteiger partial charge in [0.2, 0.25) is 0 Å². The first kappa shape index (κ1) is 23.5. The molecule has 2 aromatic carbocycles. The number of halogens is 3. The first-order valence-electron chi connectivity index (χ1n) is 11.0. The summed E-state index contributed by atoms with van der Waals surface area (Å²) in [4.78, 5) is 15.8. The highest BCUT2D eigenvalue weighted by Gasteiger charge is 2.41. The zero-order chi connectivity index (χ0) is 24.2. The Morgan fingerprint density at radius 3 is 2.41 bits per heavy atom. The average Bonchev–Trinajstić information content (AvgIpc) is 3.17. The summed E-state index contributed by atoms with van der Waals surface area (Å²) in [5.74, 6) is 0.320. The number of rotatable bonds is 3. The summed E-state index contributed by atoms with van der Waals surface area (Å²) in [6.45, 7) is 7.03. The van der Waals surface area contributed by atoms with E-state index in [1.165, 1.54) is 0 Å². The molecule has 0 spiro atoms. The lowest BCUT2D eigenvalue weighted by Gasteiger charge is -2.34. The maximum Gasteiger partial charge on any atom is 0.286 e. The fraction of sp³-hybridized carbons (Fsp3) is 0.333. The number of hydrogen-bond acceptors (Lipinski definition) is 5. The van der Waals surface area contributed by atoms with Crippen molar-refractivity contribution in [2.75, 3.05) is 33.2 Å². The van der Waals surface area contributed by atoms with E-state index < -0.39 is 5.60 Å². The van der Waals surface area contributed by atoms with Gasteiger partial charge in [0, 0.05) is 41.8 Å². The molecule has 0 radical (unpaired) electrons. The molecule has 34 heavy (non-hydrogen) atoms. The van der Waals surface area contributed by atoms with Gasteiger partial charge in [0.25, 0.3) is 5.91 Å². The first-order valence-corrected chi connectivity index (χ1v) is 12.1. The Balaban J connectivity index is 1.68. The monoisotopic (exact) mass is 519 g/mol. The maximum atomic E-state index is 13.5.